The number of nitrogens with zero attached hydrogens (tertiary/aromatic N) is 4. The van der Waals surface area contributed by atoms with E-state index in [1.165, 1.54) is 10.4 Å². The summed E-state index contributed by atoms with van der Waals surface area (Å²) in [7, 11) is 1.87. The van der Waals surface area contributed by atoms with E-state index in [1.807, 2.05) is 23.4 Å². The van der Waals surface area contributed by atoms with E-state index in [4.69, 9.17) is 0 Å². The molecule has 0 spiro atoms. The highest BCUT2D eigenvalue weighted by Gasteiger charge is 2.23. The van der Waals surface area contributed by atoms with E-state index in [1.54, 1.807) is 17.7 Å². The molecule has 2 amide bonds. The van der Waals surface area contributed by atoms with Gasteiger partial charge in [0.1, 0.15) is 6.33 Å². The number of nitrogens with one attached hydrogen (secondary N) is 1. The molecule has 2 aromatic rings. The van der Waals surface area contributed by atoms with Gasteiger partial charge in [-0.2, -0.15) is 0 Å². The fourth-order valence-corrected chi connectivity index (χ4v) is 3.34. The third-order valence-corrected chi connectivity index (χ3v) is 4.59. The van der Waals surface area contributed by atoms with Gasteiger partial charge in [0.05, 0.1) is 6.04 Å². The highest BCUT2D eigenvalue weighted by molar-refractivity contribution is 7.10. The van der Waals surface area contributed by atoms with Gasteiger partial charge in [-0.15, -0.1) is 21.5 Å². The van der Waals surface area contributed by atoms with Crippen LogP contribution in [0.3, 0.4) is 0 Å². The molecule has 0 saturated carbocycles. The van der Waals surface area contributed by atoms with Gasteiger partial charge in [0.25, 0.3) is 0 Å². The summed E-state index contributed by atoms with van der Waals surface area (Å²) in [5, 5.41) is 12.9. The molecule has 1 unspecified atom stereocenters. The fraction of sp³-hybridized carbons (Fsp3) is 0.462. The minimum atomic E-state index is -0.154. The summed E-state index contributed by atoms with van der Waals surface area (Å²) in [5.41, 5.74) is 1.27. The largest absolute Gasteiger partial charge is 0.328 e. The van der Waals surface area contributed by atoms with Crippen molar-refractivity contribution in [2.45, 2.75) is 25.9 Å². The van der Waals surface area contributed by atoms with Crippen LogP contribution < -0.4 is 5.32 Å². The molecule has 0 bridgehead atoms. The molecule has 3 rings (SSSR count). The molecule has 1 aliphatic rings. The third kappa shape index (κ3) is 2.40. The van der Waals surface area contributed by atoms with Crippen molar-refractivity contribution in [2.75, 3.05) is 6.54 Å². The lowest BCUT2D eigenvalue weighted by atomic mass is 10.1. The number of rotatable bonds is 2. The Morgan fingerprint density at radius 2 is 2.40 bits per heavy atom. The predicted octanol–water partition coefficient (Wildman–Crippen LogP) is 1.71. The van der Waals surface area contributed by atoms with Crippen molar-refractivity contribution in [3.05, 3.63) is 34.0 Å². The van der Waals surface area contributed by atoms with Crippen molar-refractivity contribution < 1.29 is 4.79 Å². The molecule has 0 saturated heterocycles. The summed E-state index contributed by atoms with van der Waals surface area (Å²) in [6.07, 6.45) is 2.58. The molecule has 6 nitrogen and oxygen atoms in total. The summed E-state index contributed by atoms with van der Waals surface area (Å²) in [5.74, 6) is 0.756. The van der Waals surface area contributed by atoms with Crippen LogP contribution in [0.15, 0.2) is 17.8 Å². The Morgan fingerprint density at radius 1 is 1.55 bits per heavy atom. The maximum Gasteiger partial charge on any atom is 0.318 e. The van der Waals surface area contributed by atoms with Gasteiger partial charge in [-0.25, -0.2) is 4.79 Å². The maximum atomic E-state index is 12.3. The first-order valence-electron chi connectivity index (χ1n) is 6.59. The molecule has 7 heteroatoms. The van der Waals surface area contributed by atoms with Gasteiger partial charge in [-0.3, -0.25) is 0 Å². The monoisotopic (exact) mass is 291 g/mol. The van der Waals surface area contributed by atoms with Crippen LogP contribution in [0.4, 0.5) is 4.79 Å². The average molecular weight is 291 g/mol. The molecule has 1 aliphatic heterocycles. The Kier molecular flexibility index (Phi) is 3.43. The number of amides is 2. The number of fused-ring (bicyclic) bond motifs is 1. The van der Waals surface area contributed by atoms with Gasteiger partial charge >= 0.3 is 6.03 Å². The zero-order valence-corrected chi connectivity index (χ0v) is 12.4. The molecule has 0 fully saturated rings. The first-order valence-corrected chi connectivity index (χ1v) is 7.47. The maximum absolute atomic E-state index is 12.3. The van der Waals surface area contributed by atoms with Gasteiger partial charge in [0, 0.05) is 25.0 Å². The predicted molar refractivity (Wildman–Crippen MR) is 76.4 cm³/mol. The third-order valence-electron chi connectivity index (χ3n) is 3.57. The minimum absolute atomic E-state index is 0.0441. The van der Waals surface area contributed by atoms with Gasteiger partial charge in [0.2, 0.25) is 0 Å². The summed E-state index contributed by atoms with van der Waals surface area (Å²) in [6, 6.07) is 1.90. The number of aromatic nitrogens is 3. The molecule has 3 heterocycles. The van der Waals surface area contributed by atoms with Crippen LogP contribution in [0.2, 0.25) is 0 Å². The number of hydrogen-bond acceptors (Lipinski definition) is 4. The SMILES string of the molecule is CC(NC(=O)N1CCc2sccc2C1)c1nncn1C. The smallest absolute Gasteiger partial charge is 0.318 e. The molecule has 2 aromatic heterocycles. The number of carbonyl (C=O) groups is 1. The molecule has 106 valence electrons. The number of hydrogen-bond donors (Lipinski definition) is 1. The van der Waals surface area contributed by atoms with Crippen LogP contribution in [-0.4, -0.2) is 32.2 Å². The van der Waals surface area contributed by atoms with Gasteiger partial charge in [-0.05, 0) is 30.4 Å². The van der Waals surface area contributed by atoms with E-state index in [9.17, 15) is 4.79 Å². The molecule has 0 radical (unpaired) electrons. The first-order chi connectivity index (χ1) is 9.65. The topological polar surface area (TPSA) is 63.1 Å². The van der Waals surface area contributed by atoms with Crippen molar-refractivity contribution in [1.29, 1.82) is 0 Å². The summed E-state index contributed by atoms with van der Waals surface area (Å²) >= 11 is 1.77. The van der Waals surface area contributed by atoms with E-state index in [2.05, 4.69) is 27.0 Å². The number of urea groups is 1. The molecular weight excluding hydrogens is 274 g/mol. The average Bonchev–Trinajstić information content (AvgIpc) is 3.05. The second-order valence-electron chi connectivity index (χ2n) is 5.01. The normalized spacial score (nSPS) is 15.8. The van der Waals surface area contributed by atoms with E-state index in [-0.39, 0.29) is 12.1 Å². The van der Waals surface area contributed by atoms with Crippen LogP contribution >= 0.6 is 11.3 Å². The lowest BCUT2D eigenvalue weighted by Crippen LogP contribution is -2.43. The Bertz CT molecular complexity index is 620. The fourth-order valence-electron chi connectivity index (χ4n) is 2.45. The van der Waals surface area contributed by atoms with Crippen molar-refractivity contribution in [1.82, 2.24) is 25.0 Å². The van der Waals surface area contributed by atoms with Gasteiger partial charge < -0.3 is 14.8 Å². The lowest BCUT2D eigenvalue weighted by molar-refractivity contribution is 0.189. The molecule has 1 N–H and O–H groups in total. The second kappa shape index (κ2) is 5.24. The Balaban J connectivity index is 1.64. The second-order valence-corrected chi connectivity index (χ2v) is 6.01. The molecule has 1 atom stereocenters. The highest BCUT2D eigenvalue weighted by Crippen LogP contribution is 2.24. The van der Waals surface area contributed by atoms with Crippen molar-refractivity contribution in [3.8, 4) is 0 Å². The van der Waals surface area contributed by atoms with Crippen LogP contribution in [0, 0.1) is 0 Å². The number of carbonyl (C=O) groups excluding carboxylic acids is 1. The molecule has 20 heavy (non-hydrogen) atoms. The summed E-state index contributed by atoms with van der Waals surface area (Å²) in [6.45, 7) is 3.38. The Morgan fingerprint density at radius 3 is 3.15 bits per heavy atom. The Hall–Kier alpha value is -1.89. The quantitative estimate of drug-likeness (QED) is 0.916. The summed E-state index contributed by atoms with van der Waals surface area (Å²) < 4.78 is 1.82. The minimum Gasteiger partial charge on any atom is -0.328 e. The standard InChI is InChI=1S/C13H17N5OS/c1-9(12-16-14-8-17(12)2)15-13(19)18-5-3-11-10(7-18)4-6-20-11/h4,6,8-9H,3,5,7H2,1-2H3,(H,15,19). The van der Waals surface area contributed by atoms with Crippen LogP contribution in [-0.2, 0) is 20.0 Å². The van der Waals surface area contributed by atoms with Crippen LogP contribution in [0.5, 0.6) is 0 Å². The highest BCUT2D eigenvalue weighted by atomic mass is 32.1. The van der Waals surface area contributed by atoms with Crippen molar-refractivity contribution in [2.24, 2.45) is 7.05 Å². The van der Waals surface area contributed by atoms with E-state index >= 15 is 0 Å². The van der Waals surface area contributed by atoms with Crippen LogP contribution in [0.1, 0.15) is 29.2 Å². The first kappa shape index (κ1) is 13.1. The molecule has 0 aromatic carbocycles. The summed E-state index contributed by atoms with van der Waals surface area (Å²) in [4.78, 5) is 15.6. The lowest BCUT2D eigenvalue weighted by Gasteiger charge is -2.28. The van der Waals surface area contributed by atoms with E-state index in [0.29, 0.717) is 6.54 Å². The molecule has 0 aliphatic carbocycles. The van der Waals surface area contributed by atoms with E-state index < -0.39 is 0 Å². The van der Waals surface area contributed by atoms with Gasteiger partial charge in [-0.1, -0.05) is 0 Å². The zero-order valence-electron chi connectivity index (χ0n) is 11.5. The zero-order chi connectivity index (χ0) is 14.1. The number of thiophene rings is 1. The van der Waals surface area contributed by atoms with E-state index in [0.717, 1.165) is 18.8 Å². The molecular formula is C13H17N5OS. The van der Waals surface area contributed by atoms with Crippen LogP contribution in [0.25, 0.3) is 0 Å². The van der Waals surface area contributed by atoms with Crippen molar-refractivity contribution >= 4 is 17.4 Å². The van der Waals surface area contributed by atoms with Gasteiger partial charge in [0.15, 0.2) is 5.82 Å². The number of aryl methyl sites for hydroxylation is 1. The Labute approximate surface area is 121 Å². The van der Waals surface area contributed by atoms with Crippen molar-refractivity contribution in [3.63, 3.8) is 0 Å².